The lowest BCUT2D eigenvalue weighted by Gasteiger charge is -2.22. The van der Waals surface area contributed by atoms with Gasteiger partial charge in [-0.1, -0.05) is 26.2 Å². The Morgan fingerprint density at radius 1 is 1.25 bits per heavy atom. The topological polar surface area (TPSA) is 89.5 Å². The quantitative estimate of drug-likeness (QED) is 0.728. The summed E-state index contributed by atoms with van der Waals surface area (Å²) in [7, 11) is -2.39. The highest BCUT2D eigenvalue weighted by atomic mass is 32.2. The van der Waals surface area contributed by atoms with Crippen LogP contribution in [0.4, 0.5) is 0 Å². The molecular weight excluding hydrogens is 282 g/mol. The minimum Gasteiger partial charge on any atom is -0.469 e. The Bertz CT molecular complexity index is 440. The van der Waals surface area contributed by atoms with Gasteiger partial charge in [-0.05, 0) is 12.8 Å². The van der Waals surface area contributed by atoms with Crippen molar-refractivity contribution >= 4 is 21.7 Å². The molecule has 1 aliphatic rings. The fraction of sp³-hybridized carbons (Fsp3) is 0.846. The van der Waals surface area contributed by atoms with Gasteiger partial charge in [0.05, 0.1) is 18.8 Å². The molecule has 20 heavy (non-hydrogen) atoms. The number of rotatable bonds is 6. The third-order valence-electron chi connectivity index (χ3n) is 3.43. The van der Waals surface area contributed by atoms with Gasteiger partial charge in [0.25, 0.3) is 0 Å². The average molecular weight is 305 g/mol. The van der Waals surface area contributed by atoms with Crippen LogP contribution in [0.1, 0.15) is 39.0 Å². The van der Waals surface area contributed by atoms with Gasteiger partial charge in [0.15, 0.2) is 9.84 Å². The maximum absolute atomic E-state index is 11.8. The molecule has 0 bridgehead atoms. The van der Waals surface area contributed by atoms with Gasteiger partial charge in [-0.2, -0.15) is 0 Å². The summed E-state index contributed by atoms with van der Waals surface area (Å²) in [5.74, 6) is -2.74. The van der Waals surface area contributed by atoms with E-state index < -0.39 is 33.4 Å². The van der Waals surface area contributed by atoms with Gasteiger partial charge in [0.1, 0.15) is 5.75 Å². The number of nitrogens with one attached hydrogen (secondary N) is 1. The van der Waals surface area contributed by atoms with E-state index in [-0.39, 0.29) is 11.8 Å². The van der Waals surface area contributed by atoms with Gasteiger partial charge in [-0.3, -0.25) is 9.59 Å². The van der Waals surface area contributed by atoms with Crippen molar-refractivity contribution in [3.63, 3.8) is 0 Å². The third-order valence-corrected chi connectivity index (χ3v) is 5.14. The molecule has 6 nitrogen and oxygen atoms in total. The molecule has 0 aromatic carbocycles. The van der Waals surface area contributed by atoms with Crippen molar-refractivity contribution in [2.75, 3.05) is 18.6 Å². The maximum atomic E-state index is 11.8. The van der Waals surface area contributed by atoms with E-state index in [1.807, 2.05) is 0 Å². The summed E-state index contributed by atoms with van der Waals surface area (Å²) >= 11 is 0. The molecule has 1 N–H and O–H groups in total. The molecule has 0 saturated heterocycles. The van der Waals surface area contributed by atoms with Crippen LogP contribution in [-0.2, 0) is 24.2 Å². The summed E-state index contributed by atoms with van der Waals surface area (Å²) in [6.07, 6.45) is 5.12. The zero-order chi connectivity index (χ0) is 15.2. The van der Waals surface area contributed by atoms with Crippen molar-refractivity contribution in [2.45, 2.75) is 45.1 Å². The summed E-state index contributed by atoms with van der Waals surface area (Å²) in [6, 6.07) is 0.0875. The van der Waals surface area contributed by atoms with Crippen LogP contribution in [0.5, 0.6) is 0 Å². The molecule has 0 heterocycles. The second-order valence-corrected chi connectivity index (χ2v) is 7.49. The van der Waals surface area contributed by atoms with Crippen molar-refractivity contribution in [3.05, 3.63) is 0 Å². The van der Waals surface area contributed by atoms with Crippen LogP contribution in [0.15, 0.2) is 0 Å². The molecule has 1 rings (SSSR count). The minimum absolute atomic E-state index is 0.0875. The number of amides is 1. The lowest BCUT2D eigenvalue weighted by Crippen LogP contribution is -2.40. The monoisotopic (exact) mass is 305 g/mol. The van der Waals surface area contributed by atoms with E-state index in [0.717, 1.165) is 25.7 Å². The lowest BCUT2D eigenvalue weighted by atomic mass is 9.95. The summed E-state index contributed by atoms with van der Waals surface area (Å²) in [5.41, 5.74) is 0. The zero-order valence-electron chi connectivity index (χ0n) is 12.1. The van der Waals surface area contributed by atoms with Gasteiger partial charge in [-0.15, -0.1) is 0 Å². The molecule has 1 saturated carbocycles. The van der Waals surface area contributed by atoms with E-state index in [1.54, 1.807) is 0 Å². The molecular formula is C13H23NO5S. The van der Waals surface area contributed by atoms with Crippen LogP contribution in [0.25, 0.3) is 0 Å². The van der Waals surface area contributed by atoms with Gasteiger partial charge in [-0.25, -0.2) is 8.42 Å². The highest BCUT2D eigenvalue weighted by Gasteiger charge is 2.25. The number of carbonyl (C=O) groups is 2. The molecule has 1 fully saturated rings. The van der Waals surface area contributed by atoms with E-state index in [9.17, 15) is 18.0 Å². The lowest BCUT2D eigenvalue weighted by molar-refractivity contribution is -0.144. The van der Waals surface area contributed by atoms with Crippen molar-refractivity contribution in [1.82, 2.24) is 5.32 Å². The maximum Gasteiger partial charge on any atom is 0.309 e. The van der Waals surface area contributed by atoms with Crippen LogP contribution in [0.2, 0.25) is 0 Å². The predicted molar refractivity (Wildman–Crippen MR) is 74.8 cm³/mol. The molecule has 1 unspecified atom stereocenters. The minimum atomic E-state index is -3.60. The Morgan fingerprint density at radius 2 is 1.85 bits per heavy atom. The Labute approximate surface area is 120 Å². The molecule has 1 aliphatic carbocycles. The van der Waals surface area contributed by atoms with Crippen molar-refractivity contribution in [1.29, 1.82) is 0 Å². The summed E-state index contributed by atoms with van der Waals surface area (Å²) in [5, 5.41) is 2.76. The summed E-state index contributed by atoms with van der Waals surface area (Å²) < 4.78 is 28.2. The van der Waals surface area contributed by atoms with Gasteiger partial charge in [0, 0.05) is 6.04 Å². The first kappa shape index (κ1) is 16.9. The largest absolute Gasteiger partial charge is 0.469 e. The van der Waals surface area contributed by atoms with E-state index in [2.05, 4.69) is 10.1 Å². The number of sulfone groups is 1. The van der Waals surface area contributed by atoms with Crippen LogP contribution in [0.3, 0.4) is 0 Å². The number of carbonyl (C=O) groups excluding carboxylic acids is 2. The number of ether oxygens (including phenoxy) is 1. The van der Waals surface area contributed by atoms with Crippen molar-refractivity contribution in [3.8, 4) is 0 Å². The fourth-order valence-electron chi connectivity index (χ4n) is 2.43. The average Bonchev–Trinajstić information content (AvgIpc) is 2.37. The molecule has 0 radical (unpaired) electrons. The van der Waals surface area contributed by atoms with Gasteiger partial charge in [0.2, 0.25) is 5.91 Å². The second kappa shape index (κ2) is 7.61. The molecule has 0 aromatic rings. The fourth-order valence-corrected chi connectivity index (χ4v) is 3.92. The van der Waals surface area contributed by atoms with E-state index in [1.165, 1.54) is 20.5 Å². The highest BCUT2D eigenvalue weighted by molar-refractivity contribution is 7.92. The van der Waals surface area contributed by atoms with Gasteiger partial charge >= 0.3 is 5.97 Å². The molecule has 1 atom stereocenters. The Kier molecular flexibility index (Phi) is 6.45. The third kappa shape index (κ3) is 5.90. The summed E-state index contributed by atoms with van der Waals surface area (Å²) in [4.78, 5) is 22.9. The van der Waals surface area contributed by atoms with E-state index in [4.69, 9.17) is 0 Å². The highest BCUT2D eigenvalue weighted by Crippen LogP contribution is 2.17. The zero-order valence-corrected chi connectivity index (χ0v) is 12.9. The molecule has 116 valence electrons. The van der Waals surface area contributed by atoms with Crippen LogP contribution >= 0.6 is 0 Å². The second-order valence-electron chi connectivity index (χ2n) is 5.38. The molecule has 0 aromatic heterocycles. The number of esters is 1. The van der Waals surface area contributed by atoms with Gasteiger partial charge < -0.3 is 10.1 Å². The molecule has 0 spiro atoms. The first-order valence-electron chi connectivity index (χ1n) is 6.91. The molecule has 1 amide bonds. The molecule has 7 heteroatoms. The Balaban J connectivity index is 2.44. The van der Waals surface area contributed by atoms with Crippen LogP contribution in [0, 0.1) is 5.92 Å². The Morgan fingerprint density at radius 3 is 2.40 bits per heavy atom. The van der Waals surface area contributed by atoms with Crippen molar-refractivity contribution in [2.24, 2.45) is 5.92 Å². The standard InChI is InChI=1S/C13H23NO5S/c1-10(13(16)19-2)8-20(17,18)9-12(15)14-11-6-4-3-5-7-11/h10-11H,3-9H2,1-2H3,(H,14,15). The number of methoxy groups -OCH3 is 1. The number of hydrogen-bond acceptors (Lipinski definition) is 5. The predicted octanol–water partition coefficient (Wildman–Crippen LogP) is 0.659. The first-order valence-corrected chi connectivity index (χ1v) is 8.74. The van der Waals surface area contributed by atoms with E-state index in [0.29, 0.717) is 0 Å². The van der Waals surface area contributed by atoms with E-state index >= 15 is 0 Å². The number of hydrogen-bond donors (Lipinski definition) is 1. The first-order chi connectivity index (χ1) is 9.34. The smallest absolute Gasteiger partial charge is 0.309 e. The van der Waals surface area contributed by atoms with Crippen molar-refractivity contribution < 1.29 is 22.7 Å². The van der Waals surface area contributed by atoms with Crippen LogP contribution < -0.4 is 5.32 Å². The van der Waals surface area contributed by atoms with Crippen LogP contribution in [-0.4, -0.2) is 45.0 Å². The normalized spacial score (nSPS) is 18.3. The summed E-state index contributed by atoms with van der Waals surface area (Å²) in [6.45, 7) is 1.47. The SMILES string of the molecule is COC(=O)C(C)CS(=O)(=O)CC(=O)NC1CCCCC1. The molecule has 0 aliphatic heterocycles. The Hall–Kier alpha value is -1.11.